The molecule has 0 spiro atoms. The number of fused-ring (bicyclic) bond motifs is 2. The summed E-state index contributed by atoms with van der Waals surface area (Å²) in [6.45, 7) is 2.41. The first-order valence-electron chi connectivity index (χ1n) is 7.64. The Kier molecular flexibility index (Phi) is 2.10. The van der Waals surface area contributed by atoms with E-state index in [4.69, 9.17) is 9.47 Å². The molecule has 4 nitrogen and oxygen atoms in total. The summed E-state index contributed by atoms with van der Waals surface area (Å²) in [5.41, 5.74) is 2.59. The van der Waals surface area contributed by atoms with Crippen LogP contribution < -0.4 is 9.47 Å². The first-order chi connectivity index (χ1) is 9.79. The smallest absolute Gasteiger partial charge is 0.231 e. The molecule has 4 aliphatic rings. The summed E-state index contributed by atoms with van der Waals surface area (Å²) in [6.07, 6.45) is 4.14. The quantitative estimate of drug-likeness (QED) is 0.782. The Balaban J connectivity index is 1.74. The Bertz CT molecular complexity index is 587. The minimum atomic E-state index is -0.217. The van der Waals surface area contributed by atoms with Gasteiger partial charge in [0.2, 0.25) is 6.79 Å². The van der Waals surface area contributed by atoms with Crippen molar-refractivity contribution in [1.82, 2.24) is 4.90 Å². The van der Waals surface area contributed by atoms with Gasteiger partial charge in [-0.25, -0.2) is 0 Å². The average Bonchev–Trinajstić information content (AvgIpc) is 3.01. The Hall–Kier alpha value is -1.26. The molecule has 1 aliphatic carbocycles. The number of aliphatic hydroxyl groups is 1. The van der Waals surface area contributed by atoms with E-state index in [0.717, 1.165) is 43.9 Å². The number of rotatable bonds is 0. The van der Waals surface area contributed by atoms with Crippen molar-refractivity contribution in [2.75, 3.05) is 13.3 Å². The number of nitrogens with zero attached hydrogens (tertiary/aromatic N) is 1. The zero-order valence-electron chi connectivity index (χ0n) is 11.5. The van der Waals surface area contributed by atoms with Crippen LogP contribution in [0.15, 0.2) is 12.1 Å². The van der Waals surface area contributed by atoms with Crippen LogP contribution in [0.5, 0.6) is 11.5 Å². The van der Waals surface area contributed by atoms with Crippen LogP contribution in [0.4, 0.5) is 0 Å². The molecule has 0 radical (unpaired) electrons. The van der Waals surface area contributed by atoms with E-state index in [0.29, 0.717) is 12.8 Å². The van der Waals surface area contributed by atoms with E-state index < -0.39 is 0 Å². The molecule has 20 heavy (non-hydrogen) atoms. The van der Waals surface area contributed by atoms with Crippen LogP contribution in [-0.2, 0) is 12.0 Å². The highest BCUT2D eigenvalue weighted by Gasteiger charge is 2.57. The molecule has 1 saturated carbocycles. The molecule has 2 bridgehead atoms. The summed E-state index contributed by atoms with van der Waals surface area (Å²) < 4.78 is 11.1. The highest BCUT2D eigenvalue weighted by molar-refractivity contribution is 5.54. The monoisotopic (exact) mass is 273 g/mol. The first-order valence-corrected chi connectivity index (χ1v) is 7.64. The van der Waals surface area contributed by atoms with E-state index in [-0.39, 0.29) is 11.5 Å². The molecule has 2 fully saturated rings. The van der Waals surface area contributed by atoms with Crippen LogP contribution in [0.1, 0.15) is 36.8 Å². The largest absolute Gasteiger partial charge is 0.454 e. The topological polar surface area (TPSA) is 41.9 Å². The molecule has 0 amide bonds. The summed E-state index contributed by atoms with van der Waals surface area (Å²) in [5, 5.41) is 10.8. The molecule has 1 N–H and O–H groups in total. The summed E-state index contributed by atoms with van der Waals surface area (Å²) >= 11 is 0. The predicted octanol–water partition coefficient (Wildman–Crippen LogP) is 1.79. The number of aliphatic hydroxyl groups excluding tert-OH is 1. The molecule has 3 aliphatic heterocycles. The normalized spacial score (nSPS) is 40.4. The van der Waals surface area contributed by atoms with Crippen molar-refractivity contribution in [3.63, 3.8) is 0 Å². The maximum absolute atomic E-state index is 10.8. The fraction of sp³-hybridized carbons (Fsp3) is 0.625. The molecule has 5 rings (SSSR count). The predicted molar refractivity (Wildman–Crippen MR) is 72.9 cm³/mol. The van der Waals surface area contributed by atoms with Gasteiger partial charge in [-0.2, -0.15) is 0 Å². The standard InChI is InChI=1S/C16H19NO3/c18-15-3-1-2-14-16(15)4-5-17(14)8-10-6-12-13(7-11(10)16)20-9-19-12/h6-7,14-15,18H,1-5,8-9H2. The second kappa shape index (κ2) is 3.68. The SMILES string of the molecule is OC1CCCC2N3CCC12c1cc2c(cc1C3)OCO2. The molecule has 1 aromatic rings. The maximum Gasteiger partial charge on any atom is 0.231 e. The van der Waals surface area contributed by atoms with Gasteiger partial charge in [-0.05, 0) is 55.5 Å². The van der Waals surface area contributed by atoms with Gasteiger partial charge < -0.3 is 14.6 Å². The van der Waals surface area contributed by atoms with Crippen molar-refractivity contribution in [1.29, 1.82) is 0 Å². The van der Waals surface area contributed by atoms with Crippen molar-refractivity contribution >= 4 is 0 Å². The third kappa shape index (κ3) is 1.20. The van der Waals surface area contributed by atoms with Crippen LogP contribution in [0.3, 0.4) is 0 Å². The molecule has 106 valence electrons. The number of hydrogen-bond acceptors (Lipinski definition) is 4. The summed E-state index contributed by atoms with van der Waals surface area (Å²) in [6, 6.07) is 4.80. The van der Waals surface area contributed by atoms with Gasteiger partial charge in [-0.1, -0.05) is 0 Å². The van der Waals surface area contributed by atoms with Gasteiger partial charge in [0.1, 0.15) is 0 Å². The molecule has 4 atom stereocenters. The molecule has 1 saturated heterocycles. The fourth-order valence-corrected chi connectivity index (χ4v) is 5.02. The van der Waals surface area contributed by atoms with Gasteiger partial charge in [-0.15, -0.1) is 0 Å². The summed E-state index contributed by atoms with van der Waals surface area (Å²) in [4.78, 5) is 2.56. The second-order valence-electron chi connectivity index (χ2n) is 6.59. The lowest BCUT2D eigenvalue weighted by molar-refractivity contribution is 0.00407. The molecule has 0 aromatic heterocycles. The zero-order chi connectivity index (χ0) is 13.3. The van der Waals surface area contributed by atoms with Gasteiger partial charge in [0, 0.05) is 18.0 Å². The highest BCUT2D eigenvalue weighted by Crippen LogP contribution is 2.55. The maximum atomic E-state index is 10.8. The Morgan fingerprint density at radius 3 is 2.95 bits per heavy atom. The Morgan fingerprint density at radius 2 is 2.05 bits per heavy atom. The van der Waals surface area contributed by atoms with Crippen molar-refractivity contribution in [2.45, 2.75) is 49.8 Å². The van der Waals surface area contributed by atoms with E-state index in [1.54, 1.807) is 0 Å². The lowest BCUT2D eigenvalue weighted by atomic mass is 9.62. The van der Waals surface area contributed by atoms with Gasteiger partial charge in [0.05, 0.1) is 6.10 Å². The molecule has 1 aromatic carbocycles. The third-order valence-electron chi connectivity index (χ3n) is 5.87. The lowest BCUT2D eigenvalue weighted by Crippen LogP contribution is -2.55. The first kappa shape index (κ1) is 11.4. The van der Waals surface area contributed by atoms with Crippen LogP contribution >= 0.6 is 0 Å². The summed E-state index contributed by atoms with van der Waals surface area (Å²) in [7, 11) is 0. The molecular weight excluding hydrogens is 254 g/mol. The minimum absolute atomic E-state index is 0.0627. The van der Waals surface area contributed by atoms with Crippen LogP contribution in [-0.4, -0.2) is 35.5 Å². The van der Waals surface area contributed by atoms with Crippen molar-refractivity contribution < 1.29 is 14.6 Å². The Morgan fingerprint density at radius 1 is 1.20 bits per heavy atom. The zero-order valence-corrected chi connectivity index (χ0v) is 11.5. The highest BCUT2D eigenvalue weighted by atomic mass is 16.7. The summed E-state index contributed by atoms with van der Waals surface area (Å²) in [5.74, 6) is 1.72. The fourth-order valence-electron chi connectivity index (χ4n) is 5.02. The van der Waals surface area contributed by atoms with Crippen molar-refractivity contribution in [3.05, 3.63) is 23.3 Å². The average molecular weight is 273 g/mol. The van der Waals surface area contributed by atoms with Gasteiger partial charge in [0.15, 0.2) is 11.5 Å². The van der Waals surface area contributed by atoms with E-state index in [9.17, 15) is 5.11 Å². The van der Waals surface area contributed by atoms with Gasteiger partial charge in [0.25, 0.3) is 0 Å². The van der Waals surface area contributed by atoms with E-state index >= 15 is 0 Å². The molecule has 4 heteroatoms. The van der Waals surface area contributed by atoms with E-state index in [2.05, 4.69) is 17.0 Å². The van der Waals surface area contributed by atoms with Crippen molar-refractivity contribution in [3.8, 4) is 11.5 Å². The second-order valence-corrected chi connectivity index (χ2v) is 6.59. The van der Waals surface area contributed by atoms with Gasteiger partial charge in [-0.3, -0.25) is 4.90 Å². The van der Waals surface area contributed by atoms with E-state index in [1.807, 2.05) is 0 Å². The molecule has 4 unspecified atom stereocenters. The third-order valence-corrected chi connectivity index (χ3v) is 5.87. The number of ether oxygens (including phenoxy) is 2. The molecule has 3 heterocycles. The van der Waals surface area contributed by atoms with Gasteiger partial charge >= 0.3 is 0 Å². The van der Waals surface area contributed by atoms with Crippen LogP contribution in [0.2, 0.25) is 0 Å². The minimum Gasteiger partial charge on any atom is -0.454 e. The molecular formula is C16H19NO3. The van der Waals surface area contributed by atoms with Crippen LogP contribution in [0, 0.1) is 0 Å². The van der Waals surface area contributed by atoms with Crippen molar-refractivity contribution in [2.24, 2.45) is 0 Å². The van der Waals surface area contributed by atoms with E-state index in [1.165, 1.54) is 17.5 Å². The lowest BCUT2D eigenvalue weighted by Gasteiger charge is -2.49. The number of hydrogen-bond donors (Lipinski definition) is 1. The van der Waals surface area contributed by atoms with Crippen LogP contribution in [0.25, 0.3) is 0 Å². The number of benzene rings is 1. The Labute approximate surface area is 118 Å².